The van der Waals surface area contributed by atoms with Crippen LogP contribution in [0.4, 0.5) is 0 Å². The van der Waals surface area contributed by atoms with Gasteiger partial charge in [0.2, 0.25) is 5.89 Å². The Hall–Kier alpha value is -2.99. The van der Waals surface area contributed by atoms with Gasteiger partial charge >= 0.3 is 0 Å². The predicted octanol–water partition coefficient (Wildman–Crippen LogP) is 8.30. The predicted molar refractivity (Wildman–Crippen MR) is 165 cm³/mol. The molecule has 1 aliphatic carbocycles. The van der Waals surface area contributed by atoms with Crippen LogP contribution in [0.25, 0.3) is 11.5 Å². The molecule has 0 spiro atoms. The van der Waals surface area contributed by atoms with Crippen LogP contribution in [0.15, 0.2) is 89.3 Å². The van der Waals surface area contributed by atoms with Crippen molar-refractivity contribution < 1.29 is 13.6 Å². The first-order chi connectivity index (χ1) is 19.2. The molecule has 1 heterocycles. The Kier molecular flexibility index (Phi) is 8.74. The molecule has 0 unspecified atom stereocenters. The summed E-state index contributed by atoms with van der Waals surface area (Å²) >= 11 is 0. The first kappa shape index (κ1) is 28.5. The van der Waals surface area contributed by atoms with Gasteiger partial charge in [-0.3, -0.25) is 0 Å². The molecule has 2 atom stereocenters. The molecule has 1 saturated carbocycles. The lowest BCUT2D eigenvalue weighted by Gasteiger charge is -2.46. The van der Waals surface area contributed by atoms with E-state index in [-0.39, 0.29) is 11.1 Å². The van der Waals surface area contributed by atoms with Crippen LogP contribution in [0.3, 0.4) is 0 Å². The van der Waals surface area contributed by atoms with Gasteiger partial charge < -0.3 is 13.6 Å². The molecule has 5 rings (SSSR count). The van der Waals surface area contributed by atoms with Crippen molar-refractivity contribution in [1.82, 2.24) is 4.98 Å². The highest BCUT2D eigenvalue weighted by Crippen LogP contribution is 2.48. The molecule has 0 radical (unpaired) electrons. The van der Waals surface area contributed by atoms with E-state index in [0.29, 0.717) is 18.4 Å². The Morgan fingerprint density at radius 3 is 2.08 bits per heavy atom. The third kappa shape index (κ3) is 6.49. The first-order valence-electron chi connectivity index (χ1n) is 14.6. The lowest BCUT2D eigenvalue weighted by Crippen LogP contribution is -2.45. The molecule has 0 N–H and O–H groups in total. The number of ether oxygens (including phenoxy) is 1. The van der Waals surface area contributed by atoms with Crippen molar-refractivity contribution in [3.63, 3.8) is 0 Å². The Labute approximate surface area is 242 Å². The minimum Gasteiger partial charge on any atom is -0.441 e. The van der Waals surface area contributed by atoms with E-state index in [2.05, 4.69) is 113 Å². The van der Waals surface area contributed by atoms with E-state index in [4.69, 9.17) is 18.6 Å². The molecule has 1 fully saturated rings. The first-order valence-corrected chi connectivity index (χ1v) is 15.9. The van der Waals surface area contributed by atoms with E-state index in [1.807, 2.05) is 6.92 Å². The summed E-state index contributed by atoms with van der Waals surface area (Å²) < 4.78 is 19.9. The molecule has 4 aromatic rings. The van der Waals surface area contributed by atoms with Gasteiger partial charge in [0.15, 0.2) is 9.76 Å². The average Bonchev–Trinajstić information content (AvgIpc) is 3.34. The zero-order valence-corrected chi connectivity index (χ0v) is 26.1. The summed E-state index contributed by atoms with van der Waals surface area (Å²) in [5, 5.41) is 0.180. The average molecular weight is 554 g/mol. The molecule has 210 valence electrons. The largest absolute Gasteiger partial charge is 0.441 e. The second kappa shape index (κ2) is 12.3. The summed E-state index contributed by atoms with van der Waals surface area (Å²) in [4.78, 5) is 4.80. The number of aryl methyl sites for hydroxylation is 2. The number of aromatic nitrogens is 1. The van der Waals surface area contributed by atoms with Gasteiger partial charge in [-0.2, -0.15) is 0 Å². The van der Waals surface area contributed by atoms with E-state index in [0.717, 1.165) is 42.7 Å². The van der Waals surface area contributed by atoms with E-state index >= 15 is 0 Å². The van der Waals surface area contributed by atoms with Crippen molar-refractivity contribution in [3.8, 4) is 11.5 Å². The standard InChI is InChI=1S/C35H43NO3Si/c1-25-19-21-27(22-20-25)33-36-32(26(2)38-33)24-37-31-18-12-17-30(23-31)35(39-40-34(3,4)5,28-13-8-6-9-14-28)29-15-10-7-11-16-29/h6-11,13-16,19-22,30-31H,12,17-18,23-24,40H2,1-5H3/t30-,31+/m1/s1. The summed E-state index contributed by atoms with van der Waals surface area (Å²) in [5.41, 5.74) is 5.11. The van der Waals surface area contributed by atoms with E-state index in [1.165, 1.54) is 16.7 Å². The summed E-state index contributed by atoms with van der Waals surface area (Å²) in [5.74, 6) is 1.79. The van der Waals surface area contributed by atoms with E-state index < -0.39 is 15.4 Å². The maximum absolute atomic E-state index is 7.25. The van der Waals surface area contributed by atoms with Gasteiger partial charge in [0.25, 0.3) is 0 Å². The second-order valence-electron chi connectivity index (χ2n) is 12.5. The van der Waals surface area contributed by atoms with Crippen molar-refractivity contribution in [2.75, 3.05) is 0 Å². The Balaban J connectivity index is 1.39. The molecule has 0 saturated heterocycles. The fourth-order valence-electron chi connectivity index (χ4n) is 5.87. The van der Waals surface area contributed by atoms with Gasteiger partial charge in [-0.15, -0.1) is 0 Å². The third-order valence-corrected chi connectivity index (χ3v) is 9.45. The van der Waals surface area contributed by atoms with Gasteiger partial charge in [0.05, 0.1) is 12.7 Å². The normalized spacial score (nSPS) is 18.4. The topological polar surface area (TPSA) is 44.5 Å². The Morgan fingerprint density at radius 2 is 1.48 bits per heavy atom. The Morgan fingerprint density at radius 1 is 0.850 bits per heavy atom. The molecule has 0 amide bonds. The van der Waals surface area contributed by atoms with Gasteiger partial charge in [-0.05, 0) is 67.3 Å². The van der Waals surface area contributed by atoms with Gasteiger partial charge in [0, 0.05) is 5.56 Å². The molecule has 5 heteroatoms. The van der Waals surface area contributed by atoms with Crippen LogP contribution in [-0.2, 0) is 21.4 Å². The SMILES string of the molecule is Cc1ccc(-c2nc(CO[C@H]3CCC[C@@H](C(O[SiH2]C(C)(C)C)(c4ccccc4)c4ccccc4)C3)c(C)o2)cc1. The highest BCUT2D eigenvalue weighted by molar-refractivity contribution is 6.32. The number of benzene rings is 3. The van der Waals surface area contributed by atoms with Crippen molar-refractivity contribution in [3.05, 3.63) is 113 Å². The molecule has 4 nitrogen and oxygen atoms in total. The third-order valence-electron chi connectivity index (χ3n) is 7.99. The number of hydrogen-bond donors (Lipinski definition) is 0. The number of nitrogens with zero attached hydrogens (tertiary/aromatic N) is 1. The molecule has 0 aliphatic heterocycles. The van der Waals surface area contributed by atoms with E-state index in [9.17, 15) is 0 Å². The van der Waals surface area contributed by atoms with E-state index in [1.54, 1.807) is 0 Å². The molecular formula is C35H43NO3Si. The molecule has 0 bridgehead atoms. The summed E-state index contributed by atoms with van der Waals surface area (Å²) in [7, 11) is -0.851. The highest BCUT2D eigenvalue weighted by atomic mass is 28.2. The second-order valence-corrected chi connectivity index (χ2v) is 15.2. The molecule has 1 aromatic heterocycles. The number of oxazole rings is 1. The minimum absolute atomic E-state index is 0.143. The van der Waals surface area contributed by atoms with Crippen LogP contribution in [0.1, 0.15) is 74.6 Å². The summed E-state index contributed by atoms with van der Waals surface area (Å²) in [6, 6.07) is 30.1. The maximum atomic E-state index is 7.25. The molecule has 3 aromatic carbocycles. The van der Waals surface area contributed by atoms with Gasteiger partial charge in [-0.1, -0.05) is 106 Å². The zero-order valence-electron chi connectivity index (χ0n) is 24.7. The van der Waals surface area contributed by atoms with Gasteiger partial charge in [0.1, 0.15) is 17.1 Å². The fourth-order valence-corrected chi connectivity index (χ4v) is 7.10. The quantitative estimate of drug-likeness (QED) is 0.196. The van der Waals surface area contributed by atoms with Crippen LogP contribution in [0.5, 0.6) is 0 Å². The fraction of sp³-hybridized carbons (Fsp3) is 0.400. The zero-order chi connectivity index (χ0) is 28.2. The van der Waals surface area contributed by atoms with Crippen LogP contribution < -0.4 is 0 Å². The lowest BCUT2D eigenvalue weighted by molar-refractivity contribution is -0.0471. The van der Waals surface area contributed by atoms with Gasteiger partial charge in [-0.25, -0.2) is 4.98 Å². The number of hydrogen-bond acceptors (Lipinski definition) is 4. The van der Waals surface area contributed by atoms with Crippen molar-refractivity contribution in [2.24, 2.45) is 5.92 Å². The summed E-state index contributed by atoms with van der Waals surface area (Å²) in [6.45, 7) is 11.4. The van der Waals surface area contributed by atoms with Crippen molar-refractivity contribution in [1.29, 1.82) is 0 Å². The highest BCUT2D eigenvalue weighted by Gasteiger charge is 2.45. The van der Waals surface area contributed by atoms with Crippen molar-refractivity contribution >= 4 is 9.76 Å². The van der Waals surface area contributed by atoms with Crippen LogP contribution in [-0.4, -0.2) is 20.9 Å². The van der Waals surface area contributed by atoms with Crippen LogP contribution >= 0.6 is 0 Å². The smallest absolute Gasteiger partial charge is 0.226 e. The molecular weight excluding hydrogens is 510 g/mol. The molecule has 1 aliphatic rings. The lowest BCUT2D eigenvalue weighted by atomic mass is 9.69. The summed E-state index contributed by atoms with van der Waals surface area (Å²) in [6.07, 6.45) is 4.37. The minimum atomic E-state index is -0.851. The van der Waals surface area contributed by atoms with Crippen molar-refractivity contribution in [2.45, 2.75) is 83.7 Å². The number of rotatable bonds is 9. The van der Waals surface area contributed by atoms with Crippen LogP contribution in [0, 0.1) is 19.8 Å². The maximum Gasteiger partial charge on any atom is 0.226 e. The molecule has 40 heavy (non-hydrogen) atoms. The van der Waals surface area contributed by atoms with Crippen LogP contribution in [0.2, 0.25) is 5.04 Å². The monoisotopic (exact) mass is 553 g/mol. The Bertz CT molecular complexity index is 1320.